The van der Waals surface area contributed by atoms with E-state index in [9.17, 15) is 9.18 Å². The number of aldehydes is 1. The summed E-state index contributed by atoms with van der Waals surface area (Å²) in [6.07, 6.45) is 1.82. The molecule has 2 aromatic rings. The third kappa shape index (κ3) is 3.19. The Morgan fingerprint density at radius 3 is 2.79 bits per heavy atom. The van der Waals surface area contributed by atoms with Crippen LogP contribution in [0.15, 0.2) is 24.5 Å². The highest BCUT2D eigenvalue weighted by atomic mass is 35.5. The predicted molar refractivity (Wildman–Crippen MR) is 71.2 cm³/mol. The zero-order chi connectivity index (χ0) is 13.8. The van der Waals surface area contributed by atoms with Crippen molar-refractivity contribution in [3.05, 3.63) is 51.6 Å². The van der Waals surface area contributed by atoms with Gasteiger partial charge in [-0.25, -0.2) is 14.4 Å². The fourth-order valence-corrected chi connectivity index (χ4v) is 1.84. The minimum Gasteiger partial charge on any atom is -0.365 e. The van der Waals surface area contributed by atoms with E-state index in [1.54, 1.807) is 6.07 Å². The molecule has 0 aliphatic heterocycles. The Kier molecular flexibility index (Phi) is 4.29. The molecule has 0 radical (unpaired) electrons. The molecule has 0 fully saturated rings. The monoisotopic (exact) mass is 299 g/mol. The third-order valence-electron chi connectivity index (χ3n) is 2.40. The van der Waals surface area contributed by atoms with E-state index in [4.69, 9.17) is 23.2 Å². The van der Waals surface area contributed by atoms with Crippen LogP contribution in [-0.2, 0) is 6.54 Å². The summed E-state index contributed by atoms with van der Waals surface area (Å²) < 4.78 is 13.0. The average Bonchev–Trinajstić information content (AvgIpc) is 2.40. The molecular formula is C12H8Cl2FN3O. The largest absolute Gasteiger partial charge is 0.365 e. The minimum absolute atomic E-state index is 0.0376. The molecule has 98 valence electrons. The number of benzene rings is 1. The van der Waals surface area contributed by atoms with Crippen LogP contribution in [0.3, 0.4) is 0 Å². The van der Waals surface area contributed by atoms with Gasteiger partial charge in [-0.2, -0.15) is 0 Å². The Morgan fingerprint density at radius 2 is 2.11 bits per heavy atom. The van der Waals surface area contributed by atoms with Crippen LogP contribution < -0.4 is 5.32 Å². The van der Waals surface area contributed by atoms with Crippen molar-refractivity contribution in [3.8, 4) is 0 Å². The molecule has 0 spiro atoms. The summed E-state index contributed by atoms with van der Waals surface area (Å²) in [5.41, 5.74) is 0.926. The van der Waals surface area contributed by atoms with Crippen LogP contribution in [0.4, 0.5) is 10.2 Å². The molecule has 0 amide bonds. The van der Waals surface area contributed by atoms with E-state index < -0.39 is 5.82 Å². The lowest BCUT2D eigenvalue weighted by Gasteiger charge is -2.08. The molecule has 19 heavy (non-hydrogen) atoms. The summed E-state index contributed by atoms with van der Waals surface area (Å²) in [7, 11) is 0. The average molecular weight is 300 g/mol. The molecule has 2 rings (SSSR count). The maximum absolute atomic E-state index is 13.0. The first kappa shape index (κ1) is 13.7. The highest BCUT2D eigenvalue weighted by molar-refractivity contribution is 6.32. The van der Waals surface area contributed by atoms with Crippen LogP contribution >= 0.6 is 23.2 Å². The van der Waals surface area contributed by atoms with Gasteiger partial charge in [-0.3, -0.25) is 4.79 Å². The van der Waals surface area contributed by atoms with E-state index in [1.807, 2.05) is 0 Å². The van der Waals surface area contributed by atoms with Gasteiger partial charge in [0, 0.05) is 6.54 Å². The molecule has 0 unspecified atom stereocenters. The molecule has 4 nitrogen and oxygen atoms in total. The van der Waals surface area contributed by atoms with Crippen LogP contribution in [-0.4, -0.2) is 16.3 Å². The Bertz CT molecular complexity index is 622. The highest BCUT2D eigenvalue weighted by Gasteiger charge is 2.09. The smallest absolute Gasteiger partial charge is 0.156 e. The van der Waals surface area contributed by atoms with E-state index in [2.05, 4.69) is 15.3 Å². The van der Waals surface area contributed by atoms with Gasteiger partial charge < -0.3 is 5.32 Å². The highest BCUT2D eigenvalue weighted by Crippen LogP contribution is 2.20. The zero-order valence-corrected chi connectivity index (χ0v) is 11.0. The second-order valence-corrected chi connectivity index (χ2v) is 4.41. The Hall–Kier alpha value is -1.72. The fraction of sp³-hybridized carbons (Fsp3) is 0.0833. The van der Waals surface area contributed by atoms with E-state index in [1.165, 1.54) is 18.5 Å². The van der Waals surface area contributed by atoms with E-state index >= 15 is 0 Å². The van der Waals surface area contributed by atoms with Gasteiger partial charge in [0.15, 0.2) is 6.29 Å². The van der Waals surface area contributed by atoms with Gasteiger partial charge in [-0.15, -0.1) is 0 Å². The maximum Gasteiger partial charge on any atom is 0.156 e. The topological polar surface area (TPSA) is 54.9 Å². The number of aromatic nitrogens is 2. The second kappa shape index (κ2) is 5.95. The normalized spacial score (nSPS) is 10.3. The number of anilines is 1. The molecule has 1 aromatic carbocycles. The quantitative estimate of drug-likeness (QED) is 0.695. The first-order valence-corrected chi connectivity index (χ1v) is 6.01. The van der Waals surface area contributed by atoms with Crippen LogP contribution in [0.2, 0.25) is 10.2 Å². The van der Waals surface area contributed by atoms with Crippen molar-refractivity contribution in [2.75, 3.05) is 5.32 Å². The number of hydrogen-bond donors (Lipinski definition) is 1. The van der Waals surface area contributed by atoms with Crippen molar-refractivity contribution in [1.29, 1.82) is 0 Å². The van der Waals surface area contributed by atoms with Crippen molar-refractivity contribution in [2.24, 2.45) is 0 Å². The zero-order valence-electron chi connectivity index (χ0n) is 9.53. The molecule has 1 aromatic heterocycles. The Morgan fingerprint density at radius 1 is 1.32 bits per heavy atom. The first-order valence-electron chi connectivity index (χ1n) is 5.25. The number of nitrogens with zero attached hydrogens (tertiary/aromatic N) is 2. The van der Waals surface area contributed by atoms with Crippen LogP contribution in [0, 0.1) is 5.82 Å². The van der Waals surface area contributed by atoms with Gasteiger partial charge in [0.1, 0.15) is 23.1 Å². The number of nitrogens with one attached hydrogen (secondary N) is 1. The molecular weight excluding hydrogens is 292 g/mol. The van der Waals surface area contributed by atoms with Crippen molar-refractivity contribution in [2.45, 2.75) is 6.54 Å². The second-order valence-electron chi connectivity index (χ2n) is 3.65. The van der Waals surface area contributed by atoms with Gasteiger partial charge in [-0.1, -0.05) is 29.3 Å². The fourth-order valence-electron chi connectivity index (χ4n) is 1.45. The van der Waals surface area contributed by atoms with Crippen molar-refractivity contribution < 1.29 is 9.18 Å². The number of hydrogen-bond acceptors (Lipinski definition) is 4. The Labute approximate surface area is 118 Å². The van der Waals surface area contributed by atoms with Crippen molar-refractivity contribution in [3.63, 3.8) is 0 Å². The van der Waals surface area contributed by atoms with Gasteiger partial charge in [0.25, 0.3) is 0 Å². The molecule has 0 saturated carbocycles. The maximum atomic E-state index is 13.0. The summed E-state index contributed by atoms with van der Waals surface area (Å²) in [4.78, 5) is 18.5. The summed E-state index contributed by atoms with van der Waals surface area (Å²) in [6, 6.07) is 4.35. The molecule has 1 N–H and O–H groups in total. The van der Waals surface area contributed by atoms with Gasteiger partial charge in [-0.05, 0) is 17.7 Å². The lowest BCUT2D eigenvalue weighted by atomic mass is 10.2. The summed E-state index contributed by atoms with van der Waals surface area (Å²) in [5.74, 6) is -0.167. The van der Waals surface area contributed by atoms with E-state index in [-0.39, 0.29) is 15.7 Å². The third-order valence-corrected chi connectivity index (χ3v) is 2.99. The number of rotatable bonds is 4. The molecule has 0 saturated heterocycles. The first-order chi connectivity index (χ1) is 9.11. The van der Waals surface area contributed by atoms with Crippen LogP contribution in [0.5, 0.6) is 0 Å². The Balaban J connectivity index is 2.16. The van der Waals surface area contributed by atoms with Crippen molar-refractivity contribution in [1.82, 2.24) is 9.97 Å². The molecule has 0 aliphatic carbocycles. The minimum atomic E-state index is -0.482. The predicted octanol–water partition coefficient (Wildman–Crippen LogP) is 3.35. The lowest BCUT2D eigenvalue weighted by molar-refractivity contribution is 0.112. The van der Waals surface area contributed by atoms with Gasteiger partial charge in [0.2, 0.25) is 0 Å². The van der Waals surface area contributed by atoms with Crippen molar-refractivity contribution >= 4 is 35.3 Å². The molecule has 0 atom stereocenters. The van der Waals surface area contributed by atoms with E-state index in [0.29, 0.717) is 18.6 Å². The number of halogens is 3. The summed E-state index contributed by atoms with van der Waals surface area (Å²) >= 11 is 11.4. The van der Waals surface area contributed by atoms with Gasteiger partial charge >= 0.3 is 0 Å². The lowest BCUT2D eigenvalue weighted by Crippen LogP contribution is -2.05. The van der Waals surface area contributed by atoms with E-state index in [0.717, 1.165) is 5.56 Å². The SMILES string of the molecule is O=Cc1c(Cl)ncnc1NCc1ccc(F)c(Cl)c1. The number of carbonyl (C=O) groups is 1. The number of carbonyl (C=O) groups excluding carboxylic acids is 1. The van der Waals surface area contributed by atoms with Crippen LogP contribution in [0.1, 0.15) is 15.9 Å². The van der Waals surface area contributed by atoms with Crippen LogP contribution in [0.25, 0.3) is 0 Å². The molecule has 0 aliphatic rings. The molecule has 1 heterocycles. The van der Waals surface area contributed by atoms with Gasteiger partial charge in [0.05, 0.1) is 10.6 Å². The molecule has 0 bridgehead atoms. The summed E-state index contributed by atoms with van der Waals surface area (Å²) in [6.45, 7) is 0.328. The molecule has 7 heteroatoms. The summed E-state index contributed by atoms with van der Waals surface area (Å²) in [5, 5.41) is 3.03. The standard InChI is InChI=1S/C12H8Cl2FN3O/c13-9-3-7(1-2-10(9)15)4-16-12-8(5-19)11(14)17-6-18-12/h1-3,5-6H,4H2,(H,16,17,18).